The lowest BCUT2D eigenvalue weighted by Crippen LogP contribution is -2.00. The summed E-state index contributed by atoms with van der Waals surface area (Å²) < 4.78 is 6.24. The molecule has 9 aromatic rings. The molecule has 0 atom stereocenters. The quantitative estimate of drug-likeness (QED) is 0.196. The monoisotopic (exact) mass is 575 g/mol. The molecule has 4 heteroatoms. The molecule has 0 bridgehead atoms. The second-order valence-corrected chi connectivity index (χ2v) is 11.3. The molecule has 0 amide bonds. The van der Waals surface area contributed by atoms with E-state index in [-0.39, 0.29) is 0 Å². The third kappa shape index (κ3) is 4.43. The fraction of sp³-hybridized carbons (Fsp3) is 0. The van der Waals surface area contributed by atoms with Gasteiger partial charge in [0.05, 0.1) is 0 Å². The average Bonchev–Trinajstić information content (AvgIpc) is 3.49. The van der Waals surface area contributed by atoms with Gasteiger partial charge in [-0.05, 0) is 69.1 Å². The SMILES string of the molecule is c1ccc(-c2ccc3oc4ccc(-c5nc(-c6ccccc6)nc(-c6ccc7c(ccc8ccccc87)c6)n5)cc4c3c2)cc1. The molecule has 0 aliphatic carbocycles. The minimum Gasteiger partial charge on any atom is -0.456 e. The van der Waals surface area contributed by atoms with Crippen molar-refractivity contribution in [2.24, 2.45) is 0 Å². The number of benzene rings is 7. The molecule has 210 valence electrons. The molecule has 9 rings (SSSR count). The number of hydrogen-bond donors (Lipinski definition) is 0. The first kappa shape index (κ1) is 25.4. The van der Waals surface area contributed by atoms with E-state index in [2.05, 4.69) is 103 Å². The highest BCUT2D eigenvalue weighted by atomic mass is 16.3. The van der Waals surface area contributed by atoms with E-state index in [9.17, 15) is 0 Å². The van der Waals surface area contributed by atoms with Gasteiger partial charge in [0.25, 0.3) is 0 Å². The van der Waals surface area contributed by atoms with Crippen LogP contribution in [0.15, 0.2) is 156 Å². The van der Waals surface area contributed by atoms with E-state index in [0.29, 0.717) is 17.5 Å². The van der Waals surface area contributed by atoms with Crippen molar-refractivity contribution < 1.29 is 4.42 Å². The Morgan fingerprint density at radius 2 is 0.822 bits per heavy atom. The summed E-state index contributed by atoms with van der Waals surface area (Å²) in [6, 6.07) is 52.3. The highest BCUT2D eigenvalue weighted by molar-refractivity contribution is 6.09. The zero-order chi connectivity index (χ0) is 29.7. The lowest BCUT2D eigenvalue weighted by atomic mass is 10.00. The molecular weight excluding hydrogens is 550 g/mol. The summed E-state index contributed by atoms with van der Waals surface area (Å²) in [4.78, 5) is 15.0. The summed E-state index contributed by atoms with van der Waals surface area (Å²) in [5.74, 6) is 1.89. The van der Waals surface area contributed by atoms with Crippen molar-refractivity contribution in [2.75, 3.05) is 0 Å². The number of nitrogens with zero attached hydrogens (tertiary/aromatic N) is 3. The van der Waals surface area contributed by atoms with Crippen LogP contribution in [-0.4, -0.2) is 15.0 Å². The van der Waals surface area contributed by atoms with Crippen molar-refractivity contribution >= 4 is 43.5 Å². The van der Waals surface area contributed by atoms with Crippen LogP contribution in [0.2, 0.25) is 0 Å². The van der Waals surface area contributed by atoms with Gasteiger partial charge >= 0.3 is 0 Å². The van der Waals surface area contributed by atoms with Gasteiger partial charge in [-0.3, -0.25) is 0 Å². The molecule has 0 unspecified atom stereocenters. The van der Waals surface area contributed by atoms with Crippen molar-refractivity contribution in [3.63, 3.8) is 0 Å². The van der Waals surface area contributed by atoms with Gasteiger partial charge in [0.15, 0.2) is 17.5 Å². The lowest BCUT2D eigenvalue weighted by molar-refractivity contribution is 0.669. The molecule has 2 heterocycles. The van der Waals surface area contributed by atoms with Gasteiger partial charge in [0.2, 0.25) is 0 Å². The molecule has 0 spiro atoms. The van der Waals surface area contributed by atoms with Crippen LogP contribution in [-0.2, 0) is 0 Å². The molecule has 0 fully saturated rings. The first-order valence-corrected chi connectivity index (χ1v) is 15.0. The zero-order valence-electron chi connectivity index (χ0n) is 24.2. The Hall–Kier alpha value is -6.13. The number of hydrogen-bond acceptors (Lipinski definition) is 4. The van der Waals surface area contributed by atoms with E-state index in [1.165, 1.54) is 21.7 Å². The van der Waals surface area contributed by atoms with Gasteiger partial charge in [-0.2, -0.15) is 0 Å². The third-order valence-electron chi connectivity index (χ3n) is 8.51. The fourth-order valence-corrected chi connectivity index (χ4v) is 6.23. The second kappa shape index (κ2) is 10.2. The highest BCUT2D eigenvalue weighted by Gasteiger charge is 2.16. The van der Waals surface area contributed by atoms with Crippen LogP contribution in [0.1, 0.15) is 0 Å². The van der Waals surface area contributed by atoms with Crippen LogP contribution in [0, 0.1) is 0 Å². The molecule has 0 N–H and O–H groups in total. The molecule has 45 heavy (non-hydrogen) atoms. The van der Waals surface area contributed by atoms with Crippen LogP contribution in [0.5, 0.6) is 0 Å². The number of furan rings is 1. The van der Waals surface area contributed by atoms with Crippen molar-refractivity contribution in [1.82, 2.24) is 15.0 Å². The van der Waals surface area contributed by atoms with Gasteiger partial charge in [-0.15, -0.1) is 0 Å². The van der Waals surface area contributed by atoms with Crippen molar-refractivity contribution in [2.45, 2.75) is 0 Å². The Morgan fingerprint density at radius 1 is 0.311 bits per heavy atom. The summed E-state index contributed by atoms with van der Waals surface area (Å²) in [5.41, 5.74) is 6.79. The number of rotatable bonds is 4. The average molecular weight is 576 g/mol. The van der Waals surface area contributed by atoms with E-state index in [1.54, 1.807) is 0 Å². The predicted octanol–water partition coefficient (Wildman–Crippen LogP) is 10.7. The van der Waals surface area contributed by atoms with Crippen LogP contribution in [0.3, 0.4) is 0 Å². The molecule has 0 radical (unpaired) electrons. The molecule has 0 saturated heterocycles. The van der Waals surface area contributed by atoms with Crippen LogP contribution < -0.4 is 0 Å². The van der Waals surface area contributed by atoms with E-state index >= 15 is 0 Å². The molecule has 4 nitrogen and oxygen atoms in total. The van der Waals surface area contributed by atoms with Crippen molar-refractivity contribution in [3.8, 4) is 45.3 Å². The van der Waals surface area contributed by atoms with E-state index in [1.807, 2.05) is 48.5 Å². The molecular formula is C41H25N3O. The fourth-order valence-electron chi connectivity index (χ4n) is 6.23. The minimum atomic E-state index is 0.618. The smallest absolute Gasteiger partial charge is 0.164 e. The molecule has 2 aromatic heterocycles. The Kier molecular flexibility index (Phi) is 5.78. The Balaban J connectivity index is 1.22. The highest BCUT2D eigenvalue weighted by Crippen LogP contribution is 2.36. The molecule has 0 aliphatic heterocycles. The van der Waals surface area contributed by atoms with Crippen LogP contribution in [0.4, 0.5) is 0 Å². The normalized spacial score (nSPS) is 11.6. The number of aromatic nitrogens is 3. The third-order valence-corrected chi connectivity index (χ3v) is 8.51. The van der Waals surface area contributed by atoms with Gasteiger partial charge in [-0.1, -0.05) is 115 Å². The largest absolute Gasteiger partial charge is 0.456 e. The second-order valence-electron chi connectivity index (χ2n) is 11.3. The van der Waals surface area contributed by atoms with E-state index in [0.717, 1.165) is 49.6 Å². The van der Waals surface area contributed by atoms with Gasteiger partial charge in [0, 0.05) is 27.5 Å². The Morgan fingerprint density at radius 3 is 1.56 bits per heavy atom. The predicted molar refractivity (Wildman–Crippen MR) is 184 cm³/mol. The van der Waals surface area contributed by atoms with Gasteiger partial charge in [-0.25, -0.2) is 15.0 Å². The Bertz CT molecular complexity index is 2540. The molecule has 0 saturated carbocycles. The molecule has 7 aromatic carbocycles. The first-order valence-electron chi connectivity index (χ1n) is 15.0. The molecule has 0 aliphatic rings. The van der Waals surface area contributed by atoms with Crippen LogP contribution >= 0.6 is 0 Å². The van der Waals surface area contributed by atoms with E-state index in [4.69, 9.17) is 19.4 Å². The summed E-state index contributed by atoms with van der Waals surface area (Å²) >= 11 is 0. The summed E-state index contributed by atoms with van der Waals surface area (Å²) in [6.07, 6.45) is 0. The topological polar surface area (TPSA) is 51.8 Å². The van der Waals surface area contributed by atoms with Crippen molar-refractivity contribution in [1.29, 1.82) is 0 Å². The Labute approximate surface area is 259 Å². The minimum absolute atomic E-state index is 0.618. The summed E-state index contributed by atoms with van der Waals surface area (Å²) in [5, 5.41) is 6.91. The maximum absolute atomic E-state index is 6.24. The van der Waals surface area contributed by atoms with Crippen molar-refractivity contribution in [3.05, 3.63) is 152 Å². The summed E-state index contributed by atoms with van der Waals surface area (Å²) in [7, 11) is 0. The number of fused-ring (bicyclic) bond motifs is 6. The maximum Gasteiger partial charge on any atom is 0.164 e. The standard InChI is InChI=1S/C41H25N3O/c1-3-9-26(10-4-1)29-18-21-37-35(24-29)36-25-32(19-22-38(36)45-37)41-43-39(28-12-5-2-6-13-28)42-40(44-41)31-17-20-34-30(23-31)16-15-27-11-7-8-14-33(27)34/h1-25H. The zero-order valence-corrected chi connectivity index (χ0v) is 24.2. The van der Waals surface area contributed by atoms with Gasteiger partial charge in [0.1, 0.15) is 11.2 Å². The van der Waals surface area contributed by atoms with Crippen LogP contribution in [0.25, 0.3) is 88.8 Å². The van der Waals surface area contributed by atoms with Gasteiger partial charge < -0.3 is 4.42 Å². The summed E-state index contributed by atoms with van der Waals surface area (Å²) in [6.45, 7) is 0. The maximum atomic E-state index is 6.24. The van der Waals surface area contributed by atoms with E-state index < -0.39 is 0 Å². The lowest BCUT2D eigenvalue weighted by Gasteiger charge is -2.10. The first-order chi connectivity index (χ1) is 22.3.